The number of rotatable bonds is 3. The molecule has 3 rings (SSSR count). The summed E-state index contributed by atoms with van der Waals surface area (Å²) in [5, 5.41) is 3.34. The molecule has 0 radical (unpaired) electrons. The van der Waals surface area contributed by atoms with E-state index in [1.807, 2.05) is 0 Å². The number of nitrogens with zero attached hydrogens (tertiary/aromatic N) is 3. The third-order valence-corrected chi connectivity index (χ3v) is 3.10. The molecule has 1 aromatic carbocycles. The van der Waals surface area contributed by atoms with Crippen LogP contribution in [0.15, 0.2) is 61.3 Å². The molecule has 21 heavy (non-hydrogen) atoms. The molecule has 6 heteroatoms. The lowest BCUT2D eigenvalue weighted by Gasteiger charge is -2.06. The van der Waals surface area contributed by atoms with Crippen molar-refractivity contribution in [3.05, 3.63) is 71.9 Å². The predicted molar refractivity (Wildman–Crippen MR) is 80.8 cm³/mol. The van der Waals surface area contributed by atoms with Crippen molar-refractivity contribution in [3.8, 4) is 5.82 Å². The fourth-order valence-corrected chi connectivity index (χ4v) is 2.03. The van der Waals surface area contributed by atoms with Crippen LogP contribution in [0.3, 0.4) is 0 Å². The number of imidazole rings is 1. The Morgan fingerprint density at radius 3 is 2.81 bits per heavy atom. The van der Waals surface area contributed by atoms with Gasteiger partial charge in [0.15, 0.2) is 0 Å². The van der Waals surface area contributed by atoms with Crippen LogP contribution in [0.5, 0.6) is 0 Å². The molecule has 0 saturated heterocycles. The van der Waals surface area contributed by atoms with Crippen LogP contribution in [-0.2, 0) is 0 Å². The third kappa shape index (κ3) is 3.09. The second-order valence-corrected chi connectivity index (χ2v) is 4.78. The Hall–Kier alpha value is -2.66. The maximum absolute atomic E-state index is 12.1. The van der Waals surface area contributed by atoms with Gasteiger partial charge in [-0.15, -0.1) is 0 Å². The van der Waals surface area contributed by atoms with Crippen molar-refractivity contribution in [2.24, 2.45) is 0 Å². The maximum atomic E-state index is 12.1. The quantitative estimate of drug-likeness (QED) is 0.808. The number of hydrogen-bond donors (Lipinski definition) is 1. The Bertz CT molecular complexity index is 754. The fraction of sp³-hybridized carbons (Fsp3) is 0. The number of benzene rings is 1. The second kappa shape index (κ2) is 5.76. The average Bonchev–Trinajstić information content (AvgIpc) is 3.01. The van der Waals surface area contributed by atoms with Crippen molar-refractivity contribution in [1.82, 2.24) is 14.5 Å². The summed E-state index contributed by atoms with van der Waals surface area (Å²) in [5.74, 6) is 0.466. The number of nitrogens with one attached hydrogen (secondary N) is 1. The van der Waals surface area contributed by atoms with Gasteiger partial charge >= 0.3 is 0 Å². The molecule has 0 atom stereocenters. The maximum Gasteiger partial charge on any atom is 0.257 e. The molecule has 0 saturated carbocycles. The fourth-order valence-electron chi connectivity index (χ4n) is 1.84. The van der Waals surface area contributed by atoms with Gasteiger partial charge in [0.1, 0.15) is 12.1 Å². The molecule has 2 aromatic heterocycles. The summed E-state index contributed by atoms with van der Waals surface area (Å²) in [6, 6.07) is 10.5. The van der Waals surface area contributed by atoms with E-state index >= 15 is 0 Å². The topological polar surface area (TPSA) is 59.8 Å². The zero-order valence-corrected chi connectivity index (χ0v) is 11.7. The Morgan fingerprint density at radius 2 is 2.14 bits per heavy atom. The summed E-state index contributed by atoms with van der Waals surface area (Å²) in [7, 11) is 0. The first kappa shape index (κ1) is 13.3. The van der Waals surface area contributed by atoms with Crippen LogP contribution in [0, 0.1) is 0 Å². The molecule has 0 aliphatic heterocycles. The van der Waals surface area contributed by atoms with Gasteiger partial charge in [0.25, 0.3) is 5.91 Å². The molecule has 104 valence electrons. The summed E-state index contributed by atoms with van der Waals surface area (Å²) in [6.07, 6.45) is 6.62. The molecular weight excluding hydrogens is 288 g/mol. The lowest BCUT2D eigenvalue weighted by molar-refractivity contribution is 0.102. The van der Waals surface area contributed by atoms with Crippen LogP contribution in [0.1, 0.15) is 10.4 Å². The summed E-state index contributed by atoms with van der Waals surface area (Å²) < 4.78 is 1.76. The summed E-state index contributed by atoms with van der Waals surface area (Å²) in [5.41, 5.74) is 1.12. The Balaban J connectivity index is 1.76. The molecule has 1 N–H and O–H groups in total. The number of carbonyl (C=O) groups is 1. The predicted octanol–water partition coefficient (Wildman–Crippen LogP) is 3.17. The Kier molecular flexibility index (Phi) is 3.66. The van der Waals surface area contributed by atoms with Gasteiger partial charge in [-0.25, -0.2) is 9.97 Å². The molecule has 0 aliphatic carbocycles. The van der Waals surface area contributed by atoms with Gasteiger partial charge in [0.2, 0.25) is 0 Å². The number of amides is 1. The number of hydrogen-bond acceptors (Lipinski definition) is 3. The molecule has 0 bridgehead atoms. The van der Waals surface area contributed by atoms with Crippen molar-refractivity contribution in [3.63, 3.8) is 0 Å². The van der Waals surface area contributed by atoms with Crippen molar-refractivity contribution < 1.29 is 4.79 Å². The smallest absolute Gasteiger partial charge is 0.257 e. The first-order valence-corrected chi connectivity index (χ1v) is 6.61. The van der Waals surface area contributed by atoms with Crippen molar-refractivity contribution in [2.75, 3.05) is 5.32 Å². The van der Waals surface area contributed by atoms with E-state index in [9.17, 15) is 4.79 Å². The van der Waals surface area contributed by atoms with Crippen LogP contribution in [-0.4, -0.2) is 20.4 Å². The molecular formula is C15H11ClN4O. The first-order chi connectivity index (χ1) is 10.2. The number of aromatic nitrogens is 3. The van der Waals surface area contributed by atoms with Crippen molar-refractivity contribution in [1.29, 1.82) is 0 Å². The molecule has 0 unspecified atom stereocenters. The van der Waals surface area contributed by atoms with Crippen molar-refractivity contribution in [2.45, 2.75) is 0 Å². The van der Waals surface area contributed by atoms with Crippen molar-refractivity contribution >= 4 is 23.2 Å². The minimum absolute atomic E-state index is 0.234. The normalized spacial score (nSPS) is 10.3. The lowest BCUT2D eigenvalue weighted by Crippen LogP contribution is -2.12. The van der Waals surface area contributed by atoms with Crippen LogP contribution in [0.2, 0.25) is 5.02 Å². The van der Waals surface area contributed by atoms with E-state index in [1.165, 1.54) is 6.20 Å². The number of halogens is 1. The van der Waals surface area contributed by atoms with Gasteiger partial charge in [0.05, 0.1) is 5.56 Å². The minimum atomic E-state index is -0.234. The third-order valence-electron chi connectivity index (χ3n) is 2.86. The second-order valence-electron chi connectivity index (χ2n) is 4.34. The molecule has 2 heterocycles. The molecule has 0 spiro atoms. The van der Waals surface area contributed by atoms with E-state index in [0.29, 0.717) is 22.1 Å². The summed E-state index contributed by atoms with van der Waals surface area (Å²) in [4.78, 5) is 20.3. The van der Waals surface area contributed by atoms with Crippen LogP contribution in [0.4, 0.5) is 5.69 Å². The van der Waals surface area contributed by atoms with E-state index in [1.54, 1.807) is 59.7 Å². The number of anilines is 1. The van der Waals surface area contributed by atoms with Gasteiger partial charge in [-0.3, -0.25) is 9.36 Å². The first-order valence-electron chi connectivity index (χ1n) is 6.24. The largest absolute Gasteiger partial charge is 0.322 e. The monoisotopic (exact) mass is 298 g/mol. The highest BCUT2D eigenvalue weighted by Gasteiger charge is 2.07. The molecule has 1 amide bonds. The number of carbonyl (C=O) groups excluding carboxylic acids is 1. The van der Waals surface area contributed by atoms with E-state index in [-0.39, 0.29) is 5.91 Å². The molecule has 0 fully saturated rings. The van der Waals surface area contributed by atoms with E-state index in [0.717, 1.165) is 0 Å². The molecule has 0 aliphatic rings. The Labute approximate surface area is 126 Å². The van der Waals surface area contributed by atoms with Crippen LogP contribution < -0.4 is 5.32 Å². The van der Waals surface area contributed by atoms with E-state index < -0.39 is 0 Å². The van der Waals surface area contributed by atoms with Gasteiger partial charge in [-0.05, 0) is 30.3 Å². The zero-order chi connectivity index (χ0) is 14.7. The highest BCUT2D eigenvalue weighted by Crippen LogP contribution is 2.16. The van der Waals surface area contributed by atoms with Crippen LogP contribution in [0.25, 0.3) is 5.82 Å². The SMILES string of the molecule is O=C(Nc1cccc(Cl)c1)c1ccc(-n2ccnc2)nc1. The molecule has 5 nitrogen and oxygen atoms in total. The highest BCUT2D eigenvalue weighted by atomic mass is 35.5. The minimum Gasteiger partial charge on any atom is -0.322 e. The molecule has 3 aromatic rings. The standard InChI is InChI=1S/C15H11ClN4O/c16-12-2-1-3-13(8-12)19-15(21)11-4-5-14(18-9-11)20-7-6-17-10-20/h1-10H,(H,19,21). The van der Waals surface area contributed by atoms with E-state index in [2.05, 4.69) is 15.3 Å². The average molecular weight is 299 g/mol. The summed E-state index contributed by atoms with van der Waals surface area (Å²) in [6.45, 7) is 0. The lowest BCUT2D eigenvalue weighted by atomic mass is 10.2. The van der Waals surface area contributed by atoms with E-state index in [4.69, 9.17) is 11.6 Å². The van der Waals surface area contributed by atoms with Gasteiger partial charge in [-0.1, -0.05) is 17.7 Å². The highest BCUT2D eigenvalue weighted by molar-refractivity contribution is 6.30. The summed E-state index contributed by atoms with van der Waals surface area (Å²) >= 11 is 5.88. The van der Waals surface area contributed by atoms with Gasteiger partial charge in [-0.2, -0.15) is 0 Å². The van der Waals surface area contributed by atoms with Gasteiger partial charge in [0, 0.05) is 29.3 Å². The Morgan fingerprint density at radius 1 is 1.24 bits per heavy atom. The van der Waals surface area contributed by atoms with Gasteiger partial charge < -0.3 is 5.32 Å². The van der Waals surface area contributed by atoms with Crippen LogP contribution >= 0.6 is 11.6 Å². The zero-order valence-electron chi connectivity index (χ0n) is 10.9. The number of pyridine rings is 1.